The molecule has 5 heteroatoms. The standard InChI is InChI=1S/C8H7N3OS/c1-6(10)13(12)8-4-7(5-9)2-3-11-8/h2-4H,1,10H2. The lowest BCUT2D eigenvalue weighted by Crippen LogP contribution is -2.05. The van der Waals surface area contributed by atoms with Gasteiger partial charge in [-0.2, -0.15) is 5.26 Å². The molecule has 0 spiro atoms. The number of nitriles is 1. The van der Waals surface area contributed by atoms with Gasteiger partial charge in [-0.25, -0.2) is 9.19 Å². The Hall–Kier alpha value is -1.67. The van der Waals surface area contributed by atoms with Gasteiger partial charge in [0, 0.05) is 6.20 Å². The highest BCUT2D eigenvalue weighted by atomic mass is 32.2. The van der Waals surface area contributed by atoms with Crippen LogP contribution in [0.5, 0.6) is 0 Å². The van der Waals surface area contributed by atoms with Gasteiger partial charge in [-0.1, -0.05) is 6.58 Å². The van der Waals surface area contributed by atoms with Crippen LogP contribution in [-0.4, -0.2) is 9.19 Å². The smallest absolute Gasteiger partial charge is 0.134 e. The molecule has 1 rings (SSSR count). The van der Waals surface area contributed by atoms with Crippen LogP contribution in [0, 0.1) is 11.3 Å². The van der Waals surface area contributed by atoms with Crippen molar-refractivity contribution in [3.63, 3.8) is 0 Å². The fourth-order valence-corrected chi connectivity index (χ4v) is 1.37. The molecule has 0 radical (unpaired) electrons. The molecule has 0 saturated heterocycles. The number of aromatic nitrogens is 1. The van der Waals surface area contributed by atoms with E-state index in [1.165, 1.54) is 18.3 Å². The fraction of sp³-hybridized carbons (Fsp3) is 0. The number of nitrogens with two attached hydrogens (primary N) is 1. The van der Waals surface area contributed by atoms with E-state index in [9.17, 15) is 4.21 Å². The average Bonchev–Trinajstić information content (AvgIpc) is 2.16. The minimum absolute atomic E-state index is 0.0302. The van der Waals surface area contributed by atoms with Crippen molar-refractivity contribution in [1.82, 2.24) is 4.98 Å². The number of hydrogen-bond donors (Lipinski definition) is 1. The number of pyridine rings is 1. The van der Waals surface area contributed by atoms with Crippen molar-refractivity contribution in [2.45, 2.75) is 5.03 Å². The van der Waals surface area contributed by atoms with Gasteiger partial charge in [-0.3, -0.25) is 0 Å². The average molecular weight is 193 g/mol. The molecule has 13 heavy (non-hydrogen) atoms. The second-order valence-electron chi connectivity index (χ2n) is 2.23. The molecule has 66 valence electrons. The van der Waals surface area contributed by atoms with E-state index in [0.29, 0.717) is 5.56 Å². The maximum Gasteiger partial charge on any atom is 0.134 e. The van der Waals surface area contributed by atoms with Crippen LogP contribution >= 0.6 is 0 Å². The molecule has 2 N–H and O–H groups in total. The predicted molar refractivity (Wildman–Crippen MR) is 48.7 cm³/mol. The van der Waals surface area contributed by atoms with E-state index < -0.39 is 10.8 Å². The van der Waals surface area contributed by atoms with Gasteiger partial charge in [-0.15, -0.1) is 0 Å². The lowest BCUT2D eigenvalue weighted by molar-refractivity contribution is 0.684. The zero-order chi connectivity index (χ0) is 9.84. The molecule has 0 bridgehead atoms. The van der Waals surface area contributed by atoms with Crippen LogP contribution in [0.25, 0.3) is 0 Å². The third-order valence-corrected chi connectivity index (χ3v) is 2.37. The van der Waals surface area contributed by atoms with Gasteiger partial charge in [0.15, 0.2) is 0 Å². The van der Waals surface area contributed by atoms with Crippen LogP contribution in [0.15, 0.2) is 35.0 Å². The van der Waals surface area contributed by atoms with Crippen molar-refractivity contribution < 1.29 is 4.21 Å². The van der Waals surface area contributed by atoms with E-state index in [1.54, 1.807) is 0 Å². The summed E-state index contributed by atoms with van der Waals surface area (Å²) in [5.41, 5.74) is 5.64. The highest BCUT2D eigenvalue weighted by molar-refractivity contribution is 7.88. The molecule has 0 aromatic carbocycles. The second kappa shape index (κ2) is 3.83. The quantitative estimate of drug-likeness (QED) is 0.741. The fourth-order valence-electron chi connectivity index (χ4n) is 0.715. The minimum Gasteiger partial charge on any atom is -0.392 e. The van der Waals surface area contributed by atoms with Crippen LogP contribution in [0.4, 0.5) is 0 Å². The van der Waals surface area contributed by atoms with Crippen LogP contribution < -0.4 is 5.73 Å². The molecule has 1 aromatic rings. The normalized spacial score (nSPS) is 11.6. The zero-order valence-corrected chi connectivity index (χ0v) is 7.54. The summed E-state index contributed by atoms with van der Waals surface area (Å²) in [5.74, 6) is 0. The van der Waals surface area contributed by atoms with Gasteiger partial charge >= 0.3 is 0 Å². The lowest BCUT2D eigenvalue weighted by atomic mass is 10.3. The molecule has 1 heterocycles. The van der Waals surface area contributed by atoms with Gasteiger partial charge in [0.1, 0.15) is 15.8 Å². The SMILES string of the molecule is C=C(N)S(=O)c1cc(C#N)ccn1. The Morgan fingerprint density at radius 1 is 1.77 bits per heavy atom. The Balaban J connectivity index is 3.11. The molecule has 0 aliphatic carbocycles. The summed E-state index contributed by atoms with van der Waals surface area (Å²) in [6, 6.07) is 4.87. The predicted octanol–water partition coefficient (Wildman–Crippen LogP) is 0.491. The maximum absolute atomic E-state index is 11.3. The van der Waals surface area contributed by atoms with E-state index in [1.807, 2.05) is 6.07 Å². The summed E-state index contributed by atoms with van der Waals surface area (Å²) in [7, 11) is -1.53. The minimum atomic E-state index is -1.53. The first kappa shape index (κ1) is 9.42. The molecule has 4 nitrogen and oxygen atoms in total. The van der Waals surface area contributed by atoms with Gasteiger partial charge < -0.3 is 5.73 Å². The molecule has 0 amide bonds. The van der Waals surface area contributed by atoms with Gasteiger partial charge in [0.2, 0.25) is 0 Å². The number of nitrogens with zero attached hydrogens (tertiary/aromatic N) is 2. The molecule has 0 aliphatic heterocycles. The Bertz CT molecular complexity index is 408. The van der Waals surface area contributed by atoms with Crippen molar-refractivity contribution >= 4 is 10.8 Å². The first-order chi connectivity index (χ1) is 6.15. The Morgan fingerprint density at radius 3 is 3.00 bits per heavy atom. The molecule has 0 fully saturated rings. The summed E-state index contributed by atoms with van der Waals surface area (Å²) >= 11 is 0. The van der Waals surface area contributed by atoms with Crippen molar-refractivity contribution in [1.29, 1.82) is 5.26 Å². The Morgan fingerprint density at radius 2 is 2.46 bits per heavy atom. The summed E-state index contributed by atoms with van der Waals surface area (Å²) in [6.45, 7) is 3.34. The van der Waals surface area contributed by atoms with E-state index in [4.69, 9.17) is 11.0 Å². The van der Waals surface area contributed by atoms with Gasteiger partial charge in [0.25, 0.3) is 0 Å². The lowest BCUT2D eigenvalue weighted by Gasteiger charge is -1.98. The van der Waals surface area contributed by atoms with E-state index in [2.05, 4.69) is 11.6 Å². The molecular formula is C8H7N3OS. The highest BCUT2D eigenvalue weighted by Crippen LogP contribution is 2.08. The second-order valence-corrected chi connectivity index (χ2v) is 3.71. The van der Waals surface area contributed by atoms with E-state index >= 15 is 0 Å². The molecule has 1 atom stereocenters. The summed E-state index contributed by atoms with van der Waals surface area (Å²) in [6.07, 6.45) is 1.41. The summed E-state index contributed by atoms with van der Waals surface area (Å²) < 4.78 is 11.3. The van der Waals surface area contributed by atoms with Crippen molar-refractivity contribution in [2.24, 2.45) is 5.73 Å². The van der Waals surface area contributed by atoms with Gasteiger partial charge in [-0.05, 0) is 12.1 Å². The van der Waals surface area contributed by atoms with E-state index in [-0.39, 0.29) is 10.1 Å². The first-order valence-electron chi connectivity index (χ1n) is 3.37. The topological polar surface area (TPSA) is 79.8 Å². The molecule has 0 aliphatic rings. The summed E-state index contributed by atoms with van der Waals surface area (Å²) in [4.78, 5) is 3.82. The van der Waals surface area contributed by atoms with Crippen molar-refractivity contribution in [3.05, 3.63) is 35.5 Å². The highest BCUT2D eigenvalue weighted by Gasteiger charge is 2.06. The van der Waals surface area contributed by atoms with Crippen LogP contribution in [0.1, 0.15) is 5.56 Å². The van der Waals surface area contributed by atoms with Crippen LogP contribution in [0.2, 0.25) is 0 Å². The third kappa shape index (κ3) is 2.13. The van der Waals surface area contributed by atoms with Gasteiger partial charge in [0.05, 0.1) is 16.7 Å². The molecule has 0 saturated carbocycles. The molecule has 1 aromatic heterocycles. The van der Waals surface area contributed by atoms with E-state index in [0.717, 1.165) is 0 Å². The number of rotatable bonds is 2. The first-order valence-corrected chi connectivity index (χ1v) is 4.52. The van der Waals surface area contributed by atoms with Crippen LogP contribution in [-0.2, 0) is 10.8 Å². The Labute approximate surface area is 78.2 Å². The summed E-state index contributed by atoms with van der Waals surface area (Å²) in [5, 5.41) is 8.84. The van der Waals surface area contributed by atoms with Crippen molar-refractivity contribution in [2.75, 3.05) is 0 Å². The largest absolute Gasteiger partial charge is 0.392 e. The third-order valence-electron chi connectivity index (χ3n) is 1.29. The number of hydrogen-bond acceptors (Lipinski definition) is 4. The van der Waals surface area contributed by atoms with Crippen LogP contribution in [0.3, 0.4) is 0 Å². The van der Waals surface area contributed by atoms with Crippen molar-refractivity contribution in [3.8, 4) is 6.07 Å². The molecular weight excluding hydrogens is 186 g/mol. The zero-order valence-electron chi connectivity index (χ0n) is 6.73. The monoisotopic (exact) mass is 193 g/mol. The maximum atomic E-state index is 11.3. The molecule has 1 unspecified atom stereocenters. The Kier molecular flexibility index (Phi) is 2.77.